The van der Waals surface area contributed by atoms with Crippen LogP contribution in [0.1, 0.15) is 27.2 Å². The van der Waals surface area contributed by atoms with Gasteiger partial charge in [-0.1, -0.05) is 30.3 Å². The standard InChI is InChI=1S/C23H23N3O3/c1-16-20-11-19(28-3)9-10-21(20)29-22(16)23(27)25(2)13-18-12-24-26(15-18)14-17-7-5-4-6-8-17/h4-12,15H,13-14H2,1-3H3. The number of rotatable bonds is 6. The molecule has 0 atom stereocenters. The van der Waals surface area contributed by atoms with E-state index >= 15 is 0 Å². The highest BCUT2D eigenvalue weighted by Gasteiger charge is 2.22. The summed E-state index contributed by atoms with van der Waals surface area (Å²) in [5, 5.41) is 5.30. The molecule has 29 heavy (non-hydrogen) atoms. The van der Waals surface area contributed by atoms with Crippen LogP contribution >= 0.6 is 0 Å². The zero-order valence-electron chi connectivity index (χ0n) is 16.8. The number of hydrogen-bond acceptors (Lipinski definition) is 4. The number of nitrogens with zero attached hydrogens (tertiary/aromatic N) is 3. The topological polar surface area (TPSA) is 60.5 Å². The third-order valence-corrected chi connectivity index (χ3v) is 4.98. The molecule has 1 amide bonds. The lowest BCUT2D eigenvalue weighted by molar-refractivity contribution is 0.0755. The average Bonchev–Trinajstić information content (AvgIpc) is 3.31. The molecule has 0 saturated carbocycles. The van der Waals surface area contributed by atoms with Gasteiger partial charge in [-0.05, 0) is 30.7 Å². The fourth-order valence-corrected chi connectivity index (χ4v) is 3.39. The molecular formula is C23H23N3O3. The maximum absolute atomic E-state index is 13.0. The van der Waals surface area contributed by atoms with Crippen molar-refractivity contribution in [1.82, 2.24) is 14.7 Å². The SMILES string of the molecule is COc1ccc2oc(C(=O)N(C)Cc3cnn(Cc4ccccc4)c3)c(C)c2c1. The number of furan rings is 1. The van der Waals surface area contributed by atoms with Crippen molar-refractivity contribution < 1.29 is 13.9 Å². The Bertz CT molecular complexity index is 1140. The van der Waals surface area contributed by atoms with E-state index in [4.69, 9.17) is 9.15 Å². The summed E-state index contributed by atoms with van der Waals surface area (Å²) in [4.78, 5) is 14.6. The van der Waals surface area contributed by atoms with Crippen LogP contribution in [0, 0.1) is 6.92 Å². The Kier molecular flexibility index (Phi) is 5.08. The van der Waals surface area contributed by atoms with Gasteiger partial charge in [0.25, 0.3) is 5.91 Å². The highest BCUT2D eigenvalue weighted by atomic mass is 16.5. The molecule has 0 fully saturated rings. The number of benzene rings is 2. The number of carbonyl (C=O) groups excluding carboxylic acids is 1. The molecule has 2 aromatic heterocycles. The largest absolute Gasteiger partial charge is 0.497 e. The average molecular weight is 389 g/mol. The van der Waals surface area contributed by atoms with Crippen LogP contribution in [0.3, 0.4) is 0 Å². The normalized spacial score (nSPS) is 11.0. The zero-order valence-corrected chi connectivity index (χ0v) is 16.8. The van der Waals surface area contributed by atoms with Crippen LogP contribution < -0.4 is 4.74 Å². The van der Waals surface area contributed by atoms with Gasteiger partial charge in [0, 0.05) is 36.3 Å². The molecule has 0 unspecified atom stereocenters. The number of aromatic nitrogens is 2. The van der Waals surface area contributed by atoms with Crippen molar-refractivity contribution in [2.75, 3.05) is 14.2 Å². The van der Waals surface area contributed by atoms with Gasteiger partial charge in [-0.3, -0.25) is 9.48 Å². The van der Waals surface area contributed by atoms with E-state index in [1.807, 2.05) is 54.2 Å². The minimum atomic E-state index is -0.159. The van der Waals surface area contributed by atoms with Crippen molar-refractivity contribution in [2.45, 2.75) is 20.0 Å². The van der Waals surface area contributed by atoms with Crippen LogP contribution in [0.4, 0.5) is 0 Å². The molecule has 0 bridgehead atoms. The summed E-state index contributed by atoms with van der Waals surface area (Å²) in [7, 11) is 3.39. The molecule has 2 aromatic carbocycles. The number of methoxy groups -OCH3 is 1. The minimum absolute atomic E-state index is 0.159. The summed E-state index contributed by atoms with van der Waals surface area (Å²) in [5.74, 6) is 0.931. The molecule has 0 N–H and O–H groups in total. The first-order chi connectivity index (χ1) is 14.0. The first-order valence-electron chi connectivity index (χ1n) is 9.43. The van der Waals surface area contributed by atoms with Gasteiger partial charge >= 0.3 is 0 Å². The van der Waals surface area contributed by atoms with Crippen molar-refractivity contribution in [2.24, 2.45) is 0 Å². The van der Waals surface area contributed by atoms with Crippen molar-refractivity contribution in [3.63, 3.8) is 0 Å². The fraction of sp³-hybridized carbons (Fsp3) is 0.217. The van der Waals surface area contributed by atoms with Gasteiger partial charge in [0.15, 0.2) is 5.76 Å². The summed E-state index contributed by atoms with van der Waals surface area (Å²) < 4.78 is 13.0. The summed E-state index contributed by atoms with van der Waals surface area (Å²) in [5.41, 5.74) is 3.64. The monoisotopic (exact) mass is 389 g/mol. The molecule has 0 aliphatic rings. The van der Waals surface area contributed by atoms with E-state index in [9.17, 15) is 4.79 Å². The molecule has 0 radical (unpaired) electrons. The van der Waals surface area contributed by atoms with Crippen molar-refractivity contribution >= 4 is 16.9 Å². The molecule has 0 aliphatic heterocycles. The molecule has 4 aromatic rings. The number of hydrogen-bond donors (Lipinski definition) is 0. The van der Waals surface area contributed by atoms with E-state index in [1.54, 1.807) is 25.3 Å². The second-order valence-corrected chi connectivity index (χ2v) is 7.11. The molecule has 2 heterocycles. The Balaban J connectivity index is 1.49. The molecule has 6 heteroatoms. The van der Waals surface area contributed by atoms with E-state index in [2.05, 4.69) is 17.2 Å². The zero-order chi connectivity index (χ0) is 20.4. The van der Waals surface area contributed by atoms with E-state index < -0.39 is 0 Å². The van der Waals surface area contributed by atoms with Crippen LogP contribution in [0.15, 0.2) is 65.3 Å². The number of aryl methyl sites for hydroxylation is 1. The number of ether oxygens (including phenoxy) is 1. The molecule has 0 spiro atoms. The maximum Gasteiger partial charge on any atom is 0.289 e. The van der Waals surface area contributed by atoms with Gasteiger partial charge in [-0.25, -0.2) is 0 Å². The fourth-order valence-electron chi connectivity index (χ4n) is 3.39. The Morgan fingerprint density at radius 1 is 1.17 bits per heavy atom. The molecular weight excluding hydrogens is 366 g/mol. The Labute approximate surface area is 169 Å². The summed E-state index contributed by atoms with van der Waals surface area (Å²) in [6, 6.07) is 15.7. The smallest absolute Gasteiger partial charge is 0.289 e. The lowest BCUT2D eigenvalue weighted by Crippen LogP contribution is -2.26. The molecule has 0 saturated heterocycles. The molecule has 4 rings (SSSR count). The number of carbonyl (C=O) groups is 1. The van der Waals surface area contributed by atoms with Gasteiger partial charge in [0.1, 0.15) is 11.3 Å². The van der Waals surface area contributed by atoms with Crippen LogP contribution in [0.25, 0.3) is 11.0 Å². The van der Waals surface area contributed by atoms with E-state index in [1.165, 1.54) is 5.56 Å². The summed E-state index contributed by atoms with van der Waals surface area (Å²) in [6.07, 6.45) is 3.76. The third-order valence-electron chi connectivity index (χ3n) is 4.98. The third kappa shape index (κ3) is 3.87. The molecule has 148 valence electrons. The predicted molar refractivity (Wildman–Crippen MR) is 111 cm³/mol. The van der Waals surface area contributed by atoms with E-state index in [0.29, 0.717) is 24.4 Å². The quantitative estimate of drug-likeness (QED) is 0.494. The minimum Gasteiger partial charge on any atom is -0.497 e. The van der Waals surface area contributed by atoms with E-state index in [-0.39, 0.29) is 5.91 Å². The molecule has 6 nitrogen and oxygen atoms in total. The van der Waals surface area contributed by atoms with Crippen LogP contribution in [-0.4, -0.2) is 34.7 Å². The number of amides is 1. The first-order valence-corrected chi connectivity index (χ1v) is 9.43. The predicted octanol–water partition coefficient (Wildman–Crippen LogP) is 4.27. The highest BCUT2D eigenvalue weighted by molar-refractivity contribution is 5.99. The van der Waals surface area contributed by atoms with Crippen LogP contribution in [0.5, 0.6) is 5.75 Å². The van der Waals surface area contributed by atoms with Crippen LogP contribution in [-0.2, 0) is 13.1 Å². The lowest BCUT2D eigenvalue weighted by Gasteiger charge is -2.15. The maximum atomic E-state index is 13.0. The Hall–Kier alpha value is -3.54. The molecule has 0 aliphatic carbocycles. The Morgan fingerprint density at radius 2 is 1.97 bits per heavy atom. The van der Waals surface area contributed by atoms with Gasteiger partial charge in [0.2, 0.25) is 0 Å². The second-order valence-electron chi connectivity index (χ2n) is 7.11. The van der Waals surface area contributed by atoms with Crippen molar-refractivity contribution in [3.05, 3.63) is 83.4 Å². The van der Waals surface area contributed by atoms with Crippen molar-refractivity contribution in [3.8, 4) is 5.75 Å². The lowest BCUT2D eigenvalue weighted by atomic mass is 10.1. The van der Waals surface area contributed by atoms with Gasteiger partial charge in [-0.15, -0.1) is 0 Å². The van der Waals surface area contributed by atoms with E-state index in [0.717, 1.165) is 22.3 Å². The number of fused-ring (bicyclic) bond motifs is 1. The van der Waals surface area contributed by atoms with Gasteiger partial charge < -0.3 is 14.1 Å². The first kappa shape index (κ1) is 18.8. The van der Waals surface area contributed by atoms with Crippen molar-refractivity contribution in [1.29, 1.82) is 0 Å². The van der Waals surface area contributed by atoms with Crippen LogP contribution in [0.2, 0.25) is 0 Å². The second kappa shape index (κ2) is 7.83. The van der Waals surface area contributed by atoms with Gasteiger partial charge in [0.05, 0.1) is 19.9 Å². The van der Waals surface area contributed by atoms with Gasteiger partial charge in [-0.2, -0.15) is 5.10 Å². The summed E-state index contributed by atoms with van der Waals surface area (Å²) in [6.45, 7) is 3.04. The Morgan fingerprint density at radius 3 is 2.72 bits per heavy atom. The highest BCUT2D eigenvalue weighted by Crippen LogP contribution is 2.29. The summed E-state index contributed by atoms with van der Waals surface area (Å²) >= 11 is 0.